The van der Waals surface area contributed by atoms with E-state index in [0.29, 0.717) is 6.42 Å². The topological polar surface area (TPSA) is 124 Å². The van der Waals surface area contributed by atoms with Crippen LogP contribution in [0.3, 0.4) is 0 Å². The van der Waals surface area contributed by atoms with Crippen molar-refractivity contribution in [2.75, 3.05) is 0 Å². The fraction of sp³-hybridized carbons (Fsp3) is 0.720. The van der Waals surface area contributed by atoms with E-state index in [4.69, 9.17) is 23.7 Å². The normalized spacial score (nSPS) is 51.0. The van der Waals surface area contributed by atoms with Gasteiger partial charge in [-0.1, -0.05) is 25.2 Å². The molecule has 3 saturated heterocycles. The van der Waals surface area contributed by atoms with Gasteiger partial charge in [0.15, 0.2) is 11.2 Å². The monoisotopic (exact) mass is 476 g/mol. The largest absolute Gasteiger partial charge is 0.458 e. The molecule has 5 rings (SSSR count). The predicted octanol–water partition coefficient (Wildman–Crippen LogP) is 1.61. The van der Waals surface area contributed by atoms with E-state index < -0.39 is 70.8 Å². The Morgan fingerprint density at radius 2 is 1.62 bits per heavy atom. The van der Waals surface area contributed by atoms with E-state index >= 15 is 0 Å². The number of aliphatic hydroxyl groups is 1. The number of carbonyl (C=O) groups excluding carboxylic acids is 3. The Bertz CT molecular complexity index is 1020. The number of hydrogen-bond donors (Lipinski definition) is 1. The maximum Gasteiger partial charge on any atom is 0.341 e. The number of hydrogen-bond acceptors (Lipinski definition) is 9. The van der Waals surface area contributed by atoms with Crippen molar-refractivity contribution in [1.82, 2.24) is 0 Å². The molecule has 4 fully saturated rings. The zero-order valence-corrected chi connectivity index (χ0v) is 20.3. The Labute approximate surface area is 198 Å². The Morgan fingerprint density at radius 3 is 2.15 bits per heavy atom. The van der Waals surface area contributed by atoms with Crippen molar-refractivity contribution in [3.63, 3.8) is 0 Å². The van der Waals surface area contributed by atoms with Crippen LogP contribution in [0.1, 0.15) is 48.0 Å². The summed E-state index contributed by atoms with van der Waals surface area (Å²) < 4.78 is 28.7. The van der Waals surface area contributed by atoms with Crippen molar-refractivity contribution in [3.8, 4) is 0 Å². The lowest BCUT2D eigenvalue weighted by Gasteiger charge is -2.56. The predicted molar refractivity (Wildman–Crippen MR) is 116 cm³/mol. The molecule has 3 heterocycles. The lowest BCUT2D eigenvalue weighted by atomic mass is 9.53. The number of rotatable bonds is 4. The van der Waals surface area contributed by atoms with Gasteiger partial charge in [-0.2, -0.15) is 0 Å². The van der Waals surface area contributed by atoms with Gasteiger partial charge < -0.3 is 28.8 Å². The Balaban J connectivity index is 1.60. The molecule has 0 aromatic carbocycles. The van der Waals surface area contributed by atoms with Crippen LogP contribution >= 0.6 is 0 Å². The van der Waals surface area contributed by atoms with Crippen molar-refractivity contribution in [2.24, 2.45) is 17.3 Å². The minimum absolute atomic E-state index is 0.149. The van der Waals surface area contributed by atoms with Crippen LogP contribution in [0.5, 0.6) is 0 Å². The van der Waals surface area contributed by atoms with Crippen LogP contribution in [0.4, 0.5) is 0 Å². The molecule has 3 aliphatic heterocycles. The number of aliphatic hydroxyl groups excluding tert-OH is 1. The molecule has 0 aromatic rings. The van der Waals surface area contributed by atoms with Crippen LogP contribution in [-0.2, 0) is 38.1 Å². The maximum atomic E-state index is 13.2. The zero-order valence-electron chi connectivity index (χ0n) is 20.3. The van der Waals surface area contributed by atoms with Crippen LogP contribution in [0.2, 0.25) is 0 Å². The molecule has 5 aliphatic rings. The highest BCUT2D eigenvalue weighted by molar-refractivity contribution is 5.91. The lowest BCUT2D eigenvalue weighted by molar-refractivity contribution is -0.234. The van der Waals surface area contributed by atoms with E-state index in [1.54, 1.807) is 34.6 Å². The molecule has 9 heteroatoms. The SMILES string of the molecule is C=C1C(=O)OC2C1C(OC(=O)C1(C)OC1C)C(OC(=O)C1(C)OC1C)C1(C)C(O)CC=C(C)C21. The highest BCUT2D eigenvalue weighted by Gasteiger charge is 2.70. The molecule has 9 nitrogen and oxygen atoms in total. The van der Waals surface area contributed by atoms with Gasteiger partial charge >= 0.3 is 17.9 Å². The third kappa shape index (κ3) is 2.99. The lowest BCUT2D eigenvalue weighted by Crippen LogP contribution is -2.67. The Morgan fingerprint density at radius 1 is 1.09 bits per heavy atom. The smallest absolute Gasteiger partial charge is 0.341 e. The highest BCUT2D eigenvalue weighted by Crippen LogP contribution is 2.58. The van der Waals surface area contributed by atoms with Gasteiger partial charge in [0.25, 0.3) is 0 Å². The third-order valence-electron chi connectivity index (χ3n) is 8.97. The second-order valence-corrected chi connectivity index (χ2v) is 10.9. The van der Waals surface area contributed by atoms with Crippen molar-refractivity contribution in [1.29, 1.82) is 0 Å². The van der Waals surface area contributed by atoms with Gasteiger partial charge in [0.05, 0.1) is 24.2 Å². The molecule has 0 bridgehead atoms. The van der Waals surface area contributed by atoms with E-state index in [1.165, 1.54) is 0 Å². The number of esters is 3. The molecule has 11 atom stereocenters. The van der Waals surface area contributed by atoms with Gasteiger partial charge in [0.2, 0.25) is 0 Å². The van der Waals surface area contributed by atoms with Crippen molar-refractivity contribution in [3.05, 3.63) is 23.8 Å². The molecular formula is C25H32O9. The molecule has 2 aliphatic carbocycles. The molecule has 0 aromatic heterocycles. The van der Waals surface area contributed by atoms with Crippen LogP contribution in [-0.4, -0.2) is 70.8 Å². The average Bonchev–Trinajstić information content (AvgIpc) is 3.56. The number of epoxide rings is 2. The molecule has 0 radical (unpaired) electrons. The summed E-state index contributed by atoms with van der Waals surface area (Å²) in [5.41, 5.74) is -2.30. The zero-order chi connectivity index (χ0) is 25.0. The van der Waals surface area contributed by atoms with Gasteiger partial charge in [-0.05, 0) is 41.0 Å². The summed E-state index contributed by atoms with van der Waals surface area (Å²) in [6.07, 6.45) is -2.28. The quantitative estimate of drug-likeness (QED) is 0.212. The molecule has 0 amide bonds. The van der Waals surface area contributed by atoms with Gasteiger partial charge in [-0.3, -0.25) is 0 Å². The fourth-order valence-corrected chi connectivity index (χ4v) is 6.06. The number of fused-ring (bicyclic) bond motifs is 3. The summed E-state index contributed by atoms with van der Waals surface area (Å²) in [4.78, 5) is 39.0. The van der Waals surface area contributed by atoms with Crippen LogP contribution in [0.25, 0.3) is 0 Å². The van der Waals surface area contributed by atoms with Crippen molar-refractivity contribution >= 4 is 17.9 Å². The summed E-state index contributed by atoms with van der Waals surface area (Å²) >= 11 is 0. The molecule has 0 spiro atoms. The molecule has 1 N–H and O–H groups in total. The first-order valence-electron chi connectivity index (χ1n) is 11.8. The first-order valence-corrected chi connectivity index (χ1v) is 11.8. The van der Waals surface area contributed by atoms with Crippen LogP contribution in [0.15, 0.2) is 23.8 Å². The van der Waals surface area contributed by atoms with Crippen LogP contribution in [0, 0.1) is 17.3 Å². The molecular weight excluding hydrogens is 444 g/mol. The van der Waals surface area contributed by atoms with Gasteiger partial charge in [0.1, 0.15) is 18.3 Å². The second-order valence-electron chi connectivity index (χ2n) is 10.9. The van der Waals surface area contributed by atoms with E-state index in [9.17, 15) is 19.5 Å². The van der Waals surface area contributed by atoms with E-state index in [-0.39, 0.29) is 17.8 Å². The highest BCUT2D eigenvalue weighted by atomic mass is 16.7. The fourth-order valence-electron chi connectivity index (χ4n) is 6.06. The number of carbonyl (C=O) groups is 3. The molecule has 34 heavy (non-hydrogen) atoms. The van der Waals surface area contributed by atoms with E-state index in [2.05, 4.69) is 6.58 Å². The van der Waals surface area contributed by atoms with E-state index in [1.807, 2.05) is 13.0 Å². The van der Waals surface area contributed by atoms with E-state index in [0.717, 1.165) is 5.57 Å². The second kappa shape index (κ2) is 7.15. The molecule has 11 unspecified atom stereocenters. The minimum Gasteiger partial charge on any atom is -0.458 e. The van der Waals surface area contributed by atoms with Crippen molar-refractivity contribution in [2.45, 2.75) is 95.8 Å². The molecule has 186 valence electrons. The summed E-state index contributed by atoms with van der Waals surface area (Å²) in [7, 11) is 0. The van der Waals surface area contributed by atoms with Crippen molar-refractivity contribution < 1.29 is 43.2 Å². The summed E-state index contributed by atoms with van der Waals surface area (Å²) in [5.74, 6) is -3.04. The van der Waals surface area contributed by atoms with Gasteiger partial charge in [-0.15, -0.1) is 0 Å². The third-order valence-corrected chi connectivity index (χ3v) is 8.97. The van der Waals surface area contributed by atoms with Gasteiger partial charge in [0, 0.05) is 16.9 Å². The minimum atomic E-state index is -1.13. The number of ether oxygens (including phenoxy) is 5. The van der Waals surface area contributed by atoms with Gasteiger partial charge in [-0.25, -0.2) is 14.4 Å². The Kier molecular flexibility index (Phi) is 4.94. The molecule has 1 saturated carbocycles. The maximum absolute atomic E-state index is 13.2. The van der Waals surface area contributed by atoms with Crippen LogP contribution < -0.4 is 0 Å². The Hall–Kier alpha value is -2.23. The summed E-state index contributed by atoms with van der Waals surface area (Å²) in [6, 6.07) is 0. The first kappa shape index (κ1) is 23.5. The average molecular weight is 477 g/mol. The first-order chi connectivity index (χ1) is 15.8. The summed E-state index contributed by atoms with van der Waals surface area (Å²) in [6.45, 7) is 14.4. The standard InChI is InChI=1S/C25H32O9/c1-10-8-9-14(26)23(5)16(10)17-15(11(2)20(27)30-17)18(31-21(28)24(6)12(3)33-24)19(23)32-22(29)25(7)13(4)34-25/h8,12-19,26H,2,9H2,1,3-7H3. The summed E-state index contributed by atoms with van der Waals surface area (Å²) in [5, 5.41) is 11.3.